The van der Waals surface area contributed by atoms with Crippen LogP contribution in [-0.4, -0.2) is 115 Å². The predicted octanol–water partition coefficient (Wildman–Crippen LogP) is 5.01. The first kappa shape index (κ1) is 35.9. The van der Waals surface area contributed by atoms with Crippen molar-refractivity contribution in [3.63, 3.8) is 0 Å². The molecule has 6 heterocycles. The molecule has 4 aromatic rings. The smallest absolute Gasteiger partial charge is 0.393 e. The Morgan fingerprint density at radius 2 is 1.80 bits per heavy atom. The molecule has 1 aromatic carbocycles. The highest BCUT2D eigenvalue weighted by atomic mass is 32.2. The van der Waals surface area contributed by atoms with Crippen LogP contribution >= 0.6 is 11.3 Å². The number of rotatable bonds is 9. The molecule has 3 fully saturated rings. The minimum Gasteiger partial charge on any atom is -0.467 e. The van der Waals surface area contributed by atoms with Crippen LogP contribution in [0.3, 0.4) is 0 Å². The molecule has 0 amide bonds. The summed E-state index contributed by atoms with van der Waals surface area (Å²) in [4.78, 5) is 16.7. The monoisotopic (exact) mass is 744 g/mol. The molecule has 3 aromatic heterocycles. The summed E-state index contributed by atoms with van der Waals surface area (Å²) >= 11 is 1.04. The lowest BCUT2D eigenvalue weighted by molar-refractivity contribution is -0.126. The molecule has 3 aliphatic rings. The van der Waals surface area contributed by atoms with E-state index >= 15 is 0 Å². The van der Waals surface area contributed by atoms with Gasteiger partial charge in [-0.2, -0.15) is 32.7 Å². The average Bonchev–Trinajstić information content (AvgIpc) is 3.86. The molecule has 0 bridgehead atoms. The van der Waals surface area contributed by atoms with Crippen molar-refractivity contribution in [3.05, 3.63) is 46.0 Å². The molecule has 1 unspecified atom stereocenters. The number of anilines is 1. The molecule has 1 spiro atoms. The summed E-state index contributed by atoms with van der Waals surface area (Å²) in [5, 5.41) is 11.8. The van der Waals surface area contributed by atoms with Crippen molar-refractivity contribution < 1.29 is 26.3 Å². The lowest BCUT2D eigenvalue weighted by Gasteiger charge is -2.37. The van der Waals surface area contributed by atoms with Crippen molar-refractivity contribution in [2.45, 2.75) is 58.4 Å². The van der Waals surface area contributed by atoms with Gasteiger partial charge in [-0.05, 0) is 62.6 Å². The molecule has 7 rings (SSSR count). The zero-order valence-corrected chi connectivity index (χ0v) is 31.0. The summed E-state index contributed by atoms with van der Waals surface area (Å²) in [5.41, 5.74) is 4.07. The van der Waals surface area contributed by atoms with E-state index in [4.69, 9.17) is 4.74 Å². The molecule has 51 heavy (non-hydrogen) atoms. The standard InChI is InChI=1S/C35H43F3N8O3S2/c1-23(43-11-13-45(14-12-43)51(4,47)48)19-46-26(18-39)15-28-24(2)25(5-6-30(28)46)20-42-9-7-34(21-42)8-10-44(22-34)31-29-16-27(17-35(36,37)38)50-32(29)41-33(40-31)49-3/h5-6,15-16,23H,7-14,17,19-22H2,1-4H3/t23-,34?/m0/s1. The number of likely N-dealkylation sites (tertiary alicyclic amines) is 1. The number of ether oxygens (including phenoxy) is 1. The van der Waals surface area contributed by atoms with Gasteiger partial charge in [-0.15, -0.1) is 11.3 Å². The van der Waals surface area contributed by atoms with Crippen LogP contribution in [0, 0.1) is 23.7 Å². The molecule has 0 saturated carbocycles. The van der Waals surface area contributed by atoms with Crippen molar-refractivity contribution in [3.8, 4) is 12.1 Å². The number of nitrogens with zero attached hydrogens (tertiary/aromatic N) is 8. The number of alkyl halides is 3. The Morgan fingerprint density at radius 3 is 2.49 bits per heavy atom. The number of sulfonamides is 1. The number of nitriles is 1. The Bertz CT molecular complexity index is 2100. The molecular formula is C35H43F3N8O3S2. The molecule has 0 N–H and O–H groups in total. The van der Waals surface area contributed by atoms with Crippen LogP contribution in [0.15, 0.2) is 24.3 Å². The van der Waals surface area contributed by atoms with E-state index in [0.717, 1.165) is 73.4 Å². The number of methoxy groups -OCH3 is 1. The Balaban J connectivity index is 1.04. The minimum absolute atomic E-state index is 0.0492. The first-order valence-corrected chi connectivity index (χ1v) is 19.9. The van der Waals surface area contributed by atoms with E-state index in [1.165, 1.54) is 23.2 Å². The summed E-state index contributed by atoms with van der Waals surface area (Å²) in [6, 6.07) is 10.6. The Kier molecular flexibility index (Phi) is 9.49. The predicted molar refractivity (Wildman–Crippen MR) is 192 cm³/mol. The number of hydrogen-bond donors (Lipinski definition) is 0. The van der Waals surface area contributed by atoms with Crippen LogP contribution < -0.4 is 9.64 Å². The van der Waals surface area contributed by atoms with Gasteiger partial charge < -0.3 is 14.2 Å². The van der Waals surface area contributed by atoms with Crippen molar-refractivity contribution >= 4 is 48.3 Å². The Morgan fingerprint density at radius 1 is 1.06 bits per heavy atom. The van der Waals surface area contributed by atoms with Crippen LogP contribution in [0.2, 0.25) is 0 Å². The number of thiophene rings is 1. The molecular weight excluding hydrogens is 702 g/mol. The van der Waals surface area contributed by atoms with Gasteiger partial charge in [0.05, 0.1) is 25.2 Å². The molecule has 2 atom stereocenters. The number of aromatic nitrogens is 3. The summed E-state index contributed by atoms with van der Waals surface area (Å²) in [6.07, 6.45) is -2.06. The number of hydrogen-bond acceptors (Lipinski definition) is 10. The van der Waals surface area contributed by atoms with Gasteiger partial charge in [0.15, 0.2) is 0 Å². The first-order valence-electron chi connectivity index (χ1n) is 17.2. The quantitative estimate of drug-likeness (QED) is 0.234. The third-order valence-electron chi connectivity index (χ3n) is 11.0. The van der Waals surface area contributed by atoms with Gasteiger partial charge in [-0.3, -0.25) is 9.80 Å². The topological polar surface area (TPSA) is 111 Å². The Hall–Kier alpha value is -3.49. The van der Waals surface area contributed by atoms with Crippen LogP contribution in [0.5, 0.6) is 6.01 Å². The van der Waals surface area contributed by atoms with Crippen LogP contribution in [0.4, 0.5) is 19.0 Å². The molecule has 11 nitrogen and oxygen atoms in total. The number of aryl methyl sites for hydroxylation is 1. The van der Waals surface area contributed by atoms with Crippen LogP contribution in [0.25, 0.3) is 21.1 Å². The SMILES string of the molecule is COc1nc(N2CCC3(CCN(Cc4ccc5c(cc(C#N)n5C[C@H](C)N5CCN(S(C)(=O)=O)CC5)c4C)C3)C2)c2cc(CC(F)(F)F)sc2n1. The first-order chi connectivity index (χ1) is 24.1. The van der Waals surface area contributed by atoms with Gasteiger partial charge in [0.2, 0.25) is 10.0 Å². The van der Waals surface area contributed by atoms with E-state index in [1.807, 2.05) is 6.07 Å². The largest absolute Gasteiger partial charge is 0.467 e. The lowest BCUT2D eigenvalue weighted by atomic mass is 9.86. The van der Waals surface area contributed by atoms with E-state index in [9.17, 15) is 26.9 Å². The zero-order chi connectivity index (χ0) is 36.3. The van der Waals surface area contributed by atoms with Gasteiger partial charge in [0.25, 0.3) is 0 Å². The van der Waals surface area contributed by atoms with Crippen molar-refractivity contribution in [1.29, 1.82) is 5.26 Å². The molecule has 3 aliphatic heterocycles. The van der Waals surface area contributed by atoms with Gasteiger partial charge in [-0.1, -0.05) is 6.07 Å². The van der Waals surface area contributed by atoms with Gasteiger partial charge in [0, 0.05) is 86.1 Å². The van der Waals surface area contributed by atoms with E-state index in [2.05, 4.69) is 61.3 Å². The summed E-state index contributed by atoms with van der Waals surface area (Å²) < 4.78 is 72.5. The second kappa shape index (κ2) is 13.5. The maximum absolute atomic E-state index is 13.2. The highest BCUT2D eigenvalue weighted by molar-refractivity contribution is 7.88. The zero-order valence-electron chi connectivity index (χ0n) is 29.3. The summed E-state index contributed by atoms with van der Waals surface area (Å²) in [7, 11) is -1.73. The highest BCUT2D eigenvalue weighted by Crippen LogP contribution is 2.44. The lowest BCUT2D eigenvalue weighted by Crippen LogP contribution is -2.51. The average molecular weight is 745 g/mol. The minimum atomic E-state index is -4.30. The molecule has 16 heteroatoms. The Labute approximate surface area is 300 Å². The van der Waals surface area contributed by atoms with Crippen molar-refractivity contribution in [2.75, 3.05) is 70.6 Å². The van der Waals surface area contributed by atoms with Crippen molar-refractivity contribution in [1.82, 2.24) is 28.6 Å². The maximum atomic E-state index is 13.2. The van der Waals surface area contributed by atoms with Crippen molar-refractivity contribution in [2.24, 2.45) is 5.41 Å². The maximum Gasteiger partial charge on any atom is 0.393 e. The summed E-state index contributed by atoms with van der Waals surface area (Å²) in [6.45, 7) is 11.3. The van der Waals surface area contributed by atoms with E-state index in [-0.39, 0.29) is 22.3 Å². The fraction of sp³-hybridized carbons (Fsp3) is 0.571. The fourth-order valence-electron chi connectivity index (χ4n) is 8.24. The van der Waals surface area contributed by atoms with Gasteiger partial charge in [-0.25, -0.2) is 8.42 Å². The van der Waals surface area contributed by atoms with E-state index in [0.29, 0.717) is 54.5 Å². The van der Waals surface area contributed by atoms with E-state index in [1.54, 1.807) is 6.07 Å². The number of halogens is 3. The third-order valence-corrected chi connectivity index (χ3v) is 13.3. The second-order valence-corrected chi connectivity index (χ2v) is 17.6. The number of fused-ring (bicyclic) bond motifs is 2. The number of piperazine rings is 1. The molecule has 3 saturated heterocycles. The van der Waals surface area contributed by atoms with Gasteiger partial charge >= 0.3 is 12.2 Å². The second-order valence-electron chi connectivity index (χ2n) is 14.5. The normalized spacial score (nSPS) is 21.7. The fourth-order valence-corrected chi connectivity index (χ4v) is 10.1. The highest BCUT2D eigenvalue weighted by Gasteiger charge is 2.44. The summed E-state index contributed by atoms with van der Waals surface area (Å²) in [5.74, 6) is 0.640. The van der Waals surface area contributed by atoms with Gasteiger partial charge in [0.1, 0.15) is 22.4 Å². The van der Waals surface area contributed by atoms with E-state index < -0.39 is 22.6 Å². The molecule has 0 aliphatic carbocycles. The van der Waals surface area contributed by atoms with Crippen LogP contribution in [-0.2, 0) is 29.5 Å². The molecule has 0 radical (unpaired) electrons. The third kappa shape index (κ3) is 7.28. The molecule has 274 valence electrons. The van der Waals surface area contributed by atoms with Crippen LogP contribution in [0.1, 0.15) is 41.5 Å². The number of benzene rings is 1.